The number of rotatable bonds is 5. The fourth-order valence-electron chi connectivity index (χ4n) is 1.82. The van der Waals surface area contributed by atoms with Gasteiger partial charge in [0.2, 0.25) is 0 Å². The molecular weight excluding hydrogens is 336 g/mol. The zero-order valence-electron chi connectivity index (χ0n) is 11.3. The molecule has 0 heterocycles. The molecule has 0 N–H and O–H groups in total. The van der Waals surface area contributed by atoms with E-state index in [1.165, 1.54) is 13.2 Å². The van der Waals surface area contributed by atoms with Gasteiger partial charge in [-0.3, -0.25) is 4.79 Å². The lowest BCUT2D eigenvalue weighted by Gasteiger charge is -2.13. The van der Waals surface area contributed by atoms with E-state index in [1.54, 1.807) is 6.07 Å². The summed E-state index contributed by atoms with van der Waals surface area (Å²) >= 11 is 3.32. The molecule has 0 saturated heterocycles. The van der Waals surface area contributed by atoms with Crippen molar-refractivity contribution < 1.29 is 19.1 Å². The second-order valence-electron chi connectivity index (χ2n) is 4.26. The average molecular weight is 349 g/mol. The van der Waals surface area contributed by atoms with E-state index in [4.69, 9.17) is 9.47 Å². The van der Waals surface area contributed by atoms with Crippen LogP contribution in [0, 0.1) is 0 Å². The Hall–Kier alpha value is -2.14. The molecule has 108 valence electrons. The standard InChI is InChI=1S/C16H13BrO4/c1-20-16(19)13-7-12(9-18)8-14(17)15(13)21-10-11-5-3-2-4-6-11/h2-9H,10H2,1H3. The van der Waals surface area contributed by atoms with Gasteiger partial charge < -0.3 is 9.47 Å². The number of carbonyl (C=O) groups excluding carboxylic acids is 2. The Bertz CT molecular complexity index is 653. The third-order valence-corrected chi connectivity index (χ3v) is 3.42. The van der Waals surface area contributed by atoms with Crippen LogP contribution in [-0.4, -0.2) is 19.4 Å². The topological polar surface area (TPSA) is 52.6 Å². The number of methoxy groups -OCH3 is 1. The molecule has 5 heteroatoms. The van der Waals surface area contributed by atoms with Crippen molar-refractivity contribution in [2.24, 2.45) is 0 Å². The van der Waals surface area contributed by atoms with Crippen molar-refractivity contribution in [1.82, 2.24) is 0 Å². The molecule has 0 unspecified atom stereocenters. The van der Waals surface area contributed by atoms with Crippen LogP contribution in [-0.2, 0) is 11.3 Å². The highest BCUT2D eigenvalue weighted by atomic mass is 79.9. The number of halogens is 1. The molecule has 0 fully saturated rings. The van der Waals surface area contributed by atoms with Gasteiger partial charge in [-0.05, 0) is 33.6 Å². The smallest absolute Gasteiger partial charge is 0.341 e. The van der Waals surface area contributed by atoms with Crippen molar-refractivity contribution in [2.45, 2.75) is 6.61 Å². The van der Waals surface area contributed by atoms with E-state index in [0.29, 0.717) is 28.7 Å². The van der Waals surface area contributed by atoms with Crippen molar-refractivity contribution >= 4 is 28.2 Å². The summed E-state index contributed by atoms with van der Waals surface area (Å²) in [6.07, 6.45) is 0.665. The molecule has 2 aromatic rings. The highest BCUT2D eigenvalue weighted by Crippen LogP contribution is 2.31. The zero-order chi connectivity index (χ0) is 15.2. The minimum Gasteiger partial charge on any atom is -0.487 e. The predicted molar refractivity (Wildman–Crippen MR) is 81.6 cm³/mol. The molecule has 2 rings (SSSR count). The fourth-order valence-corrected chi connectivity index (χ4v) is 2.41. The summed E-state index contributed by atoms with van der Waals surface area (Å²) in [6, 6.07) is 12.6. The van der Waals surface area contributed by atoms with Gasteiger partial charge in [-0.25, -0.2) is 4.79 Å². The van der Waals surface area contributed by atoms with Crippen LogP contribution in [0.1, 0.15) is 26.3 Å². The Labute approximate surface area is 130 Å². The lowest BCUT2D eigenvalue weighted by atomic mass is 10.1. The van der Waals surface area contributed by atoms with E-state index in [1.807, 2.05) is 30.3 Å². The van der Waals surface area contributed by atoms with Gasteiger partial charge in [0.25, 0.3) is 0 Å². The van der Waals surface area contributed by atoms with Gasteiger partial charge in [-0.15, -0.1) is 0 Å². The Morgan fingerprint density at radius 3 is 2.57 bits per heavy atom. The van der Waals surface area contributed by atoms with Crippen LogP contribution in [0.5, 0.6) is 5.75 Å². The largest absolute Gasteiger partial charge is 0.487 e. The van der Waals surface area contributed by atoms with E-state index in [-0.39, 0.29) is 5.56 Å². The number of ether oxygens (including phenoxy) is 2. The van der Waals surface area contributed by atoms with E-state index in [2.05, 4.69) is 15.9 Å². The summed E-state index contributed by atoms with van der Waals surface area (Å²) in [5.74, 6) is -0.196. The first-order chi connectivity index (χ1) is 10.2. The highest BCUT2D eigenvalue weighted by Gasteiger charge is 2.18. The Balaban J connectivity index is 2.33. The van der Waals surface area contributed by atoms with Crippen molar-refractivity contribution in [3.63, 3.8) is 0 Å². The lowest BCUT2D eigenvalue weighted by molar-refractivity contribution is 0.0595. The van der Waals surface area contributed by atoms with Crippen LogP contribution < -0.4 is 4.74 Å². The Kier molecular flexibility index (Phi) is 5.11. The molecule has 0 bridgehead atoms. The minimum atomic E-state index is -0.553. The van der Waals surface area contributed by atoms with Crippen LogP contribution in [0.15, 0.2) is 46.9 Å². The molecule has 0 saturated carbocycles. The summed E-state index contributed by atoms with van der Waals surface area (Å²) in [5, 5.41) is 0. The summed E-state index contributed by atoms with van der Waals surface area (Å²) in [4.78, 5) is 22.7. The van der Waals surface area contributed by atoms with E-state index in [9.17, 15) is 9.59 Å². The number of hydrogen-bond acceptors (Lipinski definition) is 4. The monoisotopic (exact) mass is 348 g/mol. The highest BCUT2D eigenvalue weighted by molar-refractivity contribution is 9.10. The fraction of sp³-hybridized carbons (Fsp3) is 0.125. The first-order valence-electron chi connectivity index (χ1n) is 6.19. The first kappa shape index (κ1) is 15.3. The van der Waals surface area contributed by atoms with Crippen LogP contribution in [0.25, 0.3) is 0 Å². The van der Waals surface area contributed by atoms with Crippen LogP contribution in [0.4, 0.5) is 0 Å². The van der Waals surface area contributed by atoms with Crippen molar-refractivity contribution in [3.05, 3.63) is 63.6 Å². The second-order valence-corrected chi connectivity index (χ2v) is 5.12. The quantitative estimate of drug-likeness (QED) is 0.611. The Morgan fingerprint density at radius 2 is 1.95 bits per heavy atom. The number of esters is 1. The maximum absolute atomic E-state index is 11.8. The Morgan fingerprint density at radius 1 is 1.24 bits per heavy atom. The van der Waals surface area contributed by atoms with E-state index < -0.39 is 5.97 Å². The number of benzene rings is 2. The summed E-state index contributed by atoms with van der Waals surface area (Å²) in [7, 11) is 1.28. The molecule has 0 aliphatic carbocycles. The number of aldehydes is 1. The maximum Gasteiger partial charge on any atom is 0.341 e. The van der Waals surface area contributed by atoms with Gasteiger partial charge in [0.1, 0.15) is 24.2 Å². The van der Waals surface area contributed by atoms with Crippen molar-refractivity contribution in [3.8, 4) is 5.75 Å². The van der Waals surface area contributed by atoms with E-state index in [0.717, 1.165) is 5.56 Å². The zero-order valence-corrected chi connectivity index (χ0v) is 12.9. The molecule has 0 amide bonds. The van der Waals surface area contributed by atoms with Crippen molar-refractivity contribution in [1.29, 1.82) is 0 Å². The van der Waals surface area contributed by atoms with E-state index >= 15 is 0 Å². The molecule has 0 aliphatic heterocycles. The molecule has 0 radical (unpaired) electrons. The van der Waals surface area contributed by atoms with Crippen LogP contribution in [0.3, 0.4) is 0 Å². The second kappa shape index (κ2) is 7.04. The number of carbonyl (C=O) groups is 2. The maximum atomic E-state index is 11.8. The average Bonchev–Trinajstić information content (AvgIpc) is 2.53. The molecule has 2 aromatic carbocycles. The van der Waals surface area contributed by atoms with Crippen LogP contribution >= 0.6 is 15.9 Å². The summed E-state index contributed by atoms with van der Waals surface area (Å²) in [6.45, 7) is 0.309. The molecule has 0 spiro atoms. The SMILES string of the molecule is COC(=O)c1cc(C=O)cc(Br)c1OCc1ccccc1. The third-order valence-electron chi connectivity index (χ3n) is 2.83. The normalized spacial score (nSPS) is 10.0. The molecule has 0 aliphatic rings. The first-order valence-corrected chi connectivity index (χ1v) is 6.98. The van der Waals surface area contributed by atoms with Gasteiger partial charge in [0.05, 0.1) is 11.6 Å². The van der Waals surface area contributed by atoms with Crippen LogP contribution in [0.2, 0.25) is 0 Å². The lowest BCUT2D eigenvalue weighted by Crippen LogP contribution is -2.07. The van der Waals surface area contributed by atoms with Gasteiger partial charge >= 0.3 is 5.97 Å². The summed E-state index contributed by atoms with van der Waals surface area (Å²) < 4.78 is 11.0. The molecule has 4 nitrogen and oxygen atoms in total. The summed E-state index contributed by atoms with van der Waals surface area (Å²) in [5.41, 5.74) is 1.55. The van der Waals surface area contributed by atoms with Gasteiger partial charge in [-0.2, -0.15) is 0 Å². The molecular formula is C16H13BrO4. The predicted octanol–water partition coefficient (Wildman–Crippen LogP) is 3.63. The molecule has 0 atom stereocenters. The molecule has 21 heavy (non-hydrogen) atoms. The van der Waals surface area contributed by atoms with Gasteiger partial charge in [0.15, 0.2) is 0 Å². The third kappa shape index (κ3) is 3.70. The van der Waals surface area contributed by atoms with Gasteiger partial charge in [-0.1, -0.05) is 30.3 Å². The van der Waals surface area contributed by atoms with Crippen molar-refractivity contribution in [2.75, 3.05) is 7.11 Å². The molecule has 0 aromatic heterocycles. The van der Waals surface area contributed by atoms with Gasteiger partial charge in [0, 0.05) is 5.56 Å². The minimum absolute atomic E-state index is 0.213. The number of hydrogen-bond donors (Lipinski definition) is 0.